The summed E-state index contributed by atoms with van der Waals surface area (Å²) in [5, 5.41) is 0. The highest BCUT2D eigenvalue weighted by Crippen LogP contribution is 2.34. The summed E-state index contributed by atoms with van der Waals surface area (Å²) in [7, 11) is 0. The second kappa shape index (κ2) is 7.86. The second-order valence-electron chi connectivity index (χ2n) is 4.84. The molecule has 0 aliphatic carbocycles. The fraction of sp³-hybridized carbons (Fsp3) is 0.222. The van der Waals surface area contributed by atoms with E-state index in [1.54, 1.807) is 13.0 Å². The summed E-state index contributed by atoms with van der Waals surface area (Å²) in [5.41, 5.74) is -0.798. The lowest BCUT2D eigenvalue weighted by molar-refractivity contribution is 0.301. The minimum Gasteiger partial charge on any atom is -0.491 e. The third-order valence-electron chi connectivity index (χ3n) is 3.26. The molecule has 128 valence electrons. The van der Waals surface area contributed by atoms with Crippen LogP contribution in [-0.2, 0) is 0 Å². The van der Waals surface area contributed by atoms with E-state index in [4.69, 9.17) is 9.47 Å². The van der Waals surface area contributed by atoms with Crippen molar-refractivity contribution in [2.75, 3.05) is 13.2 Å². The molecule has 0 bridgehead atoms. The Hall–Kier alpha value is -2.50. The molecular formula is C18H16F4O2. The van der Waals surface area contributed by atoms with Gasteiger partial charge < -0.3 is 9.47 Å². The fourth-order valence-corrected chi connectivity index (χ4v) is 2.11. The van der Waals surface area contributed by atoms with Gasteiger partial charge in [0.1, 0.15) is 0 Å². The summed E-state index contributed by atoms with van der Waals surface area (Å²) in [6, 6.07) is 4.62. The molecule has 2 aromatic rings. The number of hydrogen-bond donors (Lipinski definition) is 0. The zero-order chi connectivity index (χ0) is 17.7. The SMILES string of the molecule is C=CCCOc1ccc(-c2ccc(OCC)c(F)c2F)c(F)c1F. The molecule has 0 aliphatic heterocycles. The van der Waals surface area contributed by atoms with Crippen LogP contribution in [0.2, 0.25) is 0 Å². The van der Waals surface area contributed by atoms with Crippen molar-refractivity contribution in [2.24, 2.45) is 0 Å². The normalized spacial score (nSPS) is 10.5. The van der Waals surface area contributed by atoms with Crippen LogP contribution in [0.1, 0.15) is 13.3 Å². The van der Waals surface area contributed by atoms with E-state index in [1.165, 1.54) is 12.1 Å². The van der Waals surface area contributed by atoms with Gasteiger partial charge in [0, 0.05) is 11.1 Å². The van der Waals surface area contributed by atoms with E-state index >= 15 is 0 Å². The summed E-state index contributed by atoms with van der Waals surface area (Å²) in [6.07, 6.45) is 2.03. The minimum absolute atomic E-state index is 0.130. The molecule has 0 N–H and O–H groups in total. The summed E-state index contributed by atoms with van der Waals surface area (Å²) in [5.74, 6) is -5.72. The van der Waals surface area contributed by atoms with Crippen molar-refractivity contribution in [1.29, 1.82) is 0 Å². The van der Waals surface area contributed by atoms with Crippen molar-refractivity contribution in [3.63, 3.8) is 0 Å². The zero-order valence-electron chi connectivity index (χ0n) is 13.0. The lowest BCUT2D eigenvalue weighted by atomic mass is 10.0. The van der Waals surface area contributed by atoms with Crippen molar-refractivity contribution < 1.29 is 27.0 Å². The first-order valence-electron chi connectivity index (χ1n) is 7.34. The quantitative estimate of drug-likeness (QED) is 0.389. The fourth-order valence-electron chi connectivity index (χ4n) is 2.11. The van der Waals surface area contributed by atoms with E-state index in [9.17, 15) is 17.6 Å². The average molecular weight is 340 g/mol. The van der Waals surface area contributed by atoms with Gasteiger partial charge in [0.2, 0.25) is 11.6 Å². The third-order valence-corrected chi connectivity index (χ3v) is 3.26. The number of hydrogen-bond acceptors (Lipinski definition) is 2. The van der Waals surface area contributed by atoms with Crippen LogP contribution in [0, 0.1) is 23.3 Å². The zero-order valence-corrected chi connectivity index (χ0v) is 13.0. The molecule has 0 atom stereocenters. The topological polar surface area (TPSA) is 18.5 Å². The van der Waals surface area contributed by atoms with Gasteiger partial charge in [0.15, 0.2) is 23.1 Å². The summed E-state index contributed by atoms with van der Waals surface area (Å²) in [4.78, 5) is 0. The molecule has 2 rings (SSSR count). The molecule has 0 saturated heterocycles. The van der Waals surface area contributed by atoms with Gasteiger partial charge in [-0.2, -0.15) is 8.78 Å². The molecule has 0 spiro atoms. The average Bonchev–Trinajstić information content (AvgIpc) is 2.57. The van der Waals surface area contributed by atoms with Gasteiger partial charge >= 0.3 is 0 Å². The van der Waals surface area contributed by atoms with E-state index in [0.29, 0.717) is 6.42 Å². The van der Waals surface area contributed by atoms with Gasteiger partial charge in [-0.05, 0) is 37.6 Å². The highest BCUT2D eigenvalue weighted by Gasteiger charge is 2.21. The first kappa shape index (κ1) is 17.8. The monoisotopic (exact) mass is 340 g/mol. The van der Waals surface area contributed by atoms with E-state index < -0.39 is 34.4 Å². The molecule has 0 aromatic heterocycles. The Morgan fingerprint density at radius 1 is 0.833 bits per heavy atom. The van der Waals surface area contributed by atoms with E-state index in [1.807, 2.05) is 0 Å². The molecule has 0 aliphatic rings. The standard InChI is InChI=1S/C18H16F4O2/c1-3-5-10-24-14-9-7-12(16(20)18(14)22)11-6-8-13(23-4-2)17(21)15(11)19/h3,6-9H,1,4-5,10H2,2H3. The van der Waals surface area contributed by atoms with E-state index in [-0.39, 0.29) is 24.7 Å². The van der Waals surface area contributed by atoms with Crippen LogP contribution in [0.3, 0.4) is 0 Å². The maximum Gasteiger partial charge on any atom is 0.201 e. The van der Waals surface area contributed by atoms with E-state index in [2.05, 4.69) is 6.58 Å². The molecule has 0 unspecified atom stereocenters. The summed E-state index contributed by atoms with van der Waals surface area (Å²) in [6.45, 7) is 5.38. The smallest absolute Gasteiger partial charge is 0.201 e. The molecule has 0 amide bonds. The highest BCUT2D eigenvalue weighted by atomic mass is 19.2. The molecule has 2 aromatic carbocycles. The van der Waals surface area contributed by atoms with Gasteiger partial charge in [-0.15, -0.1) is 6.58 Å². The second-order valence-corrected chi connectivity index (χ2v) is 4.84. The predicted molar refractivity (Wildman–Crippen MR) is 83.2 cm³/mol. The lowest BCUT2D eigenvalue weighted by Crippen LogP contribution is -2.02. The minimum atomic E-state index is -1.31. The van der Waals surface area contributed by atoms with Crippen molar-refractivity contribution in [1.82, 2.24) is 0 Å². The lowest BCUT2D eigenvalue weighted by Gasteiger charge is -2.12. The van der Waals surface area contributed by atoms with Gasteiger partial charge in [-0.25, -0.2) is 8.78 Å². The predicted octanol–water partition coefficient (Wildman–Crippen LogP) is 5.26. The molecule has 0 heterocycles. The number of benzene rings is 2. The molecule has 6 heteroatoms. The van der Waals surface area contributed by atoms with Gasteiger partial charge in [-0.3, -0.25) is 0 Å². The number of halogens is 4. The Kier molecular flexibility index (Phi) is 5.84. The van der Waals surface area contributed by atoms with Crippen molar-refractivity contribution in [3.8, 4) is 22.6 Å². The summed E-state index contributed by atoms with van der Waals surface area (Å²) >= 11 is 0. The molecule has 0 saturated carbocycles. The van der Waals surface area contributed by atoms with Crippen LogP contribution in [-0.4, -0.2) is 13.2 Å². The largest absolute Gasteiger partial charge is 0.491 e. The van der Waals surface area contributed by atoms with Crippen LogP contribution in [0.15, 0.2) is 36.9 Å². The molecular weight excluding hydrogens is 324 g/mol. The van der Waals surface area contributed by atoms with Gasteiger partial charge in [-0.1, -0.05) is 6.08 Å². The highest BCUT2D eigenvalue weighted by molar-refractivity contribution is 5.67. The number of rotatable bonds is 7. The number of ether oxygens (including phenoxy) is 2. The Labute approximate surface area is 137 Å². The Morgan fingerprint density at radius 2 is 1.33 bits per heavy atom. The Balaban J connectivity index is 2.41. The van der Waals surface area contributed by atoms with Gasteiger partial charge in [0.05, 0.1) is 13.2 Å². The van der Waals surface area contributed by atoms with Crippen molar-refractivity contribution >= 4 is 0 Å². The molecule has 2 nitrogen and oxygen atoms in total. The molecule has 0 fully saturated rings. The van der Waals surface area contributed by atoms with Crippen LogP contribution < -0.4 is 9.47 Å². The molecule has 0 radical (unpaired) electrons. The first-order chi connectivity index (χ1) is 11.5. The molecule has 24 heavy (non-hydrogen) atoms. The summed E-state index contributed by atoms with van der Waals surface area (Å²) < 4.78 is 66.3. The van der Waals surface area contributed by atoms with Gasteiger partial charge in [0.25, 0.3) is 0 Å². The first-order valence-corrected chi connectivity index (χ1v) is 7.34. The van der Waals surface area contributed by atoms with E-state index in [0.717, 1.165) is 12.1 Å². The van der Waals surface area contributed by atoms with Crippen LogP contribution >= 0.6 is 0 Å². The maximum absolute atomic E-state index is 14.2. The van der Waals surface area contributed by atoms with Crippen molar-refractivity contribution in [3.05, 3.63) is 60.2 Å². The maximum atomic E-state index is 14.2. The van der Waals surface area contributed by atoms with Crippen molar-refractivity contribution in [2.45, 2.75) is 13.3 Å². The van der Waals surface area contributed by atoms with Crippen LogP contribution in [0.25, 0.3) is 11.1 Å². The Bertz CT molecular complexity index is 744. The van der Waals surface area contributed by atoms with Crippen LogP contribution in [0.4, 0.5) is 17.6 Å². The van der Waals surface area contributed by atoms with Crippen LogP contribution in [0.5, 0.6) is 11.5 Å². The Morgan fingerprint density at radius 3 is 1.79 bits per heavy atom. The third kappa shape index (κ3) is 3.53.